The zero-order chi connectivity index (χ0) is 13.7. The Kier molecular flexibility index (Phi) is 5.93. The van der Waals surface area contributed by atoms with Gasteiger partial charge in [-0.05, 0) is 31.0 Å². The molecule has 1 rings (SSSR count). The fourth-order valence-electron chi connectivity index (χ4n) is 1.76. The number of nitrogens with one attached hydrogen (secondary N) is 1. The first kappa shape index (κ1) is 15.3. The van der Waals surface area contributed by atoms with Gasteiger partial charge in [-0.25, -0.2) is 0 Å². The number of methoxy groups -OCH3 is 1. The van der Waals surface area contributed by atoms with Crippen molar-refractivity contribution in [2.75, 3.05) is 7.11 Å². The lowest BCUT2D eigenvalue weighted by Crippen LogP contribution is -2.37. The fraction of sp³-hybridized carbons (Fsp3) is 0.462. The Morgan fingerprint density at radius 1 is 1.44 bits per heavy atom. The van der Waals surface area contributed by atoms with Crippen LogP contribution < -0.4 is 5.32 Å². The molecule has 0 aliphatic carbocycles. The summed E-state index contributed by atoms with van der Waals surface area (Å²) in [6.45, 7) is 3.78. The molecule has 1 aromatic rings. The van der Waals surface area contributed by atoms with Crippen LogP contribution >= 0.6 is 23.2 Å². The molecule has 0 bridgehead atoms. The Morgan fingerprint density at radius 2 is 2.11 bits per heavy atom. The van der Waals surface area contributed by atoms with Crippen LogP contribution in [0, 0.1) is 0 Å². The molecule has 1 unspecified atom stereocenters. The molecule has 0 saturated heterocycles. The molecule has 0 spiro atoms. The Morgan fingerprint density at radius 3 is 2.61 bits per heavy atom. The van der Waals surface area contributed by atoms with Crippen LogP contribution in [0.15, 0.2) is 18.2 Å². The molecule has 0 saturated carbocycles. The van der Waals surface area contributed by atoms with E-state index in [1.807, 2.05) is 13.0 Å². The molecule has 1 aromatic carbocycles. The van der Waals surface area contributed by atoms with Gasteiger partial charge in [0.1, 0.15) is 6.04 Å². The van der Waals surface area contributed by atoms with Crippen LogP contribution in [0.3, 0.4) is 0 Å². The highest BCUT2D eigenvalue weighted by atomic mass is 35.5. The van der Waals surface area contributed by atoms with Crippen LogP contribution in [0.2, 0.25) is 10.0 Å². The van der Waals surface area contributed by atoms with E-state index in [9.17, 15) is 4.79 Å². The second-order valence-corrected chi connectivity index (χ2v) is 4.88. The van der Waals surface area contributed by atoms with Crippen molar-refractivity contribution in [1.82, 2.24) is 5.32 Å². The lowest BCUT2D eigenvalue weighted by Gasteiger charge is -2.22. The van der Waals surface area contributed by atoms with Crippen molar-refractivity contribution in [3.63, 3.8) is 0 Å². The van der Waals surface area contributed by atoms with Gasteiger partial charge in [0, 0.05) is 16.1 Å². The van der Waals surface area contributed by atoms with Crippen LogP contribution in [0.4, 0.5) is 0 Å². The highest BCUT2D eigenvalue weighted by Gasteiger charge is 2.20. The first-order valence-corrected chi connectivity index (χ1v) is 6.54. The van der Waals surface area contributed by atoms with Gasteiger partial charge in [0.15, 0.2) is 0 Å². The predicted molar refractivity (Wildman–Crippen MR) is 74.1 cm³/mol. The maximum absolute atomic E-state index is 11.4. The lowest BCUT2D eigenvalue weighted by atomic mass is 10.0. The van der Waals surface area contributed by atoms with Gasteiger partial charge in [-0.2, -0.15) is 0 Å². The standard InChI is InChI=1S/C13H17Cl2NO2/c1-4-12(16-8(2)13(17)18-3)10-6-5-9(14)7-11(10)15/h5-8,12,16H,4H2,1-3H3/t8-,12?/m1/s1. The summed E-state index contributed by atoms with van der Waals surface area (Å²) in [7, 11) is 1.37. The Balaban J connectivity index is 2.86. The van der Waals surface area contributed by atoms with E-state index >= 15 is 0 Å². The number of hydrogen-bond donors (Lipinski definition) is 1. The summed E-state index contributed by atoms with van der Waals surface area (Å²) >= 11 is 12.0. The monoisotopic (exact) mass is 289 g/mol. The van der Waals surface area contributed by atoms with Gasteiger partial charge in [0.05, 0.1) is 7.11 Å². The maximum atomic E-state index is 11.4. The van der Waals surface area contributed by atoms with E-state index < -0.39 is 0 Å². The smallest absolute Gasteiger partial charge is 0.322 e. The van der Waals surface area contributed by atoms with Gasteiger partial charge < -0.3 is 4.74 Å². The summed E-state index contributed by atoms with van der Waals surface area (Å²) < 4.78 is 4.69. The summed E-state index contributed by atoms with van der Waals surface area (Å²) in [6, 6.07) is 4.97. The average Bonchev–Trinajstić information content (AvgIpc) is 2.35. The third kappa shape index (κ3) is 3.87. The van der Waals surface area contributed by atoms with Crippen LogP contribution in [0.5, 0.6) is 0 Å². The minimum Gasteiger partial charge on any atom is -0.468 e. The van der Waals surface area contributed by atoms with Crippen molar-refractivity contribution in [2.45, 2.75) is 32.4 Å². The highest BCUT2D eigenvalue weighted by Crippen LogP contribution is 2.28. The summed E-state index contributed by atoms with van der Waals surface area (Å²) in [6.07, 6.45) is 0.808. The van der Waals surface area contributed by atoms with Crippen LogP contribution in [0.1, 0.15) is 31.9 Å². The second kappa shape index (κ2) is 6.98. The molecule has 100 valence electrons. The van der Waals surface area contributed by atoms with E-state index in [-0.39, 0.29) is 18.1 Å². The summed E-state index contributed by atoms with van der Waals surface area (Å²) in [5.74, 6) is -0.293. The van der Waals surface area contributed by atoms with Crippen molar-refractivity contribution < 1.29 is 9.53 Å². The third-order valence-electron chi connectivity index (χ3n) is 2.75. The fourth-order valence-corrected chi connectivity index (χ4v) is 2.30. The predicted octanol–water partition coefficient (Wildman–Crippen LogP) is 3.60. The average molecular weight is 290 g/mol. The molecular formula is C13H17Cl2NO2. The van der Waals surface area contributed by atoms with Gasteiger partial charge in [0.25, 0.3) is 0 Å². The van der Waals surface area contributed by atoms with E-state index in [1.165, 1.54) is 7.11 Å². The minimum absolute atomic E-state index is 0.0103. The van der Waals surface area contributed by atoms with Gasteiger partial charge in [0.2, 0.25) is 0 Å². The largest absolute Gasteiger partial charge is 0.468 e. The summed E-state index contributed by atoms with van der Waals surface area (Å²) in [5.41, 5.74) is 0.930. The normalized spacial score (nSPS) is 14.1. The van der Waals surface area contributed by atoms with E-state index in [1.54, 1.807) is 19.1 Å². The number of esters is 1. The first-order valence-electron chi connectivity index (χ1n) is 5.78. The second-order valence-electron chi connectivity index (χ2n) is 4.04. The molecule has 0 fully saturated rings. The molecule has 0 heterocycles. The molecule has 18 heavy (non-hydrogen) atoms. The molecule has 1 N–H and O–H groups in total. The molecule has 0 radical (unpaired) electrons. The summed E-state index contributed by atoms with van der Waals surface area (Å²) in [4.78, 5) is 11.4. The SMILES string of the molecule is CCC(N[C@H](C)C(=O)OC)c1ccc(Cl)cc1Cl. The maximum Gasteiger partial charge on any atom is 0.322 e. The van der Waals surface area contributed by atoms with Crippen LogP contribution in [-0.4, -0.2) is 19.1 Å². The van der Waals surface area contributed by atoms with Crippen molar-refractivity contribution >= 4 is 29.2 Å². The topological polar surface area (TPSA) is 38.3 Å². The Hall–Kier alpha value is -0.770. The number of benzene rings is 1. The van der Waals surface area contributed by atoms with Crippen molar-refractivity contribution in [3.05, 3.63) is 33.8 Å². The number of hydrogen-bond acceptors (Lipinski definition) is 3. The van der Waals surface area contributed by atoms with Crippen molar-refractivity contribution in [3.8, 4) is 0 Å². The lowest BCUT2D eigenvalue weighted by molar-refractivity contribution is -0.142. The highest BCUT2D eigenvalue weighted by molar-refractivity contribution is 6.35. The third-order valence-corrected chi connectivity index (χ3v) is 3.31. The van der Waals surface area contributed by atoms with E-state index in [2.05, 4.69) is 10.1 Å². The Bertz CT molecular complexity index is 423. The van der Waals surface area contributed by atoms with Gasteiger partial charge in [-0.3, -0.25) is 10.1 Å². The molecular weight excluding hydrogens is 273 g/mol. The van der Waals surface area contributed by atoms with Gasteiger partial charge in [-0.15, -0.1) is 0 Å². The number of carbonyl (C=O) groups is 1. The van der Waals surface area contributed by atoms with Crippen molar-refractivity contribution in [2.24, 2.45) is 0 Å². The van der Waals surface area contributed by atoms with E-state index in [0.717, 1.165) is 12.0 Å². The number of ether oxygens (including phenoxy) is 1. The van der Waals surface area contributed by atoms with Crippen molar-refractivity contribution in [1.29, 1.82) is 0 Å². The van der Waals surface area contributed by atoms with E-state index in [0.29, 0.717) is 10.0 Å². The quantitative estimate of drug-likeness (QED) is 0.842. The molecule has 2 atom stereocenters. The zero-order valence-electron chi connectivity index (χ0n) is 10.7. The number of halogens is 2. The number of carbonyl (C=O) groups excluding carboxylic acids is 1. The number of rotatable bonds is 5. The minimum atomic E-state index is -0.383. The molecule has 0 aliphatic heterocycles. The Labute approximate surface area is 117 Å². The summed E-state index contributed by atoms with van der Waals surface area (Å²) in [5, 5.41) is 4.38. The first-order chi connectivity index (χ1) is 8.49. The van der Waals surface area contributed by atoms with E-state index in [4.69, 9.17) is 23.2 Å². The van der Waals surface area contributed by atoms with Crippen LogP contribution in [-0.2, 0) is 9.53 Å². The molecule has 0 aliphatic rings. The van der Waals surface area contributed by atoms with Gasteiger partial charge >= 0.3 is 5.97 Å². The molecule has 5 heteroatoms. The van der Waals surface area contributed by atoms with Gasteiger partial charge in [-0.1, -0.05) is 36.2 Å². The molecule has 3 nitrogen and oxygen atoms in total. The molecule has 0 amide bonds. The molecule has 0 aromatic heterocycles. The zero-order valence-corrected chi connectivity index (χ0v) is 12.2. The van der Waals surface area contributed by atoms with Crippen LogP contribution in [0.25, 0.3) is 0 Å².